The van der Waals surface area contributed by atoms with Crippen molar-refractivity contribution in [2.45, 2.75) is 50.9 Å². The van der Waals surface area contributed by atoms with Gasteiger partial charge in [0.25, 0.3) is 0 Å². The van der Waals surface area contributed by atoms with Crippen molar-refractivity contribution >= 4 is 0 Å². The maximum absolute atomic E-state index is 13.5. The number of aliphatic hydroxyl groups is 1. The molecule has 0 saturated carbocycles. The van der Waals surface area contributed by atoms with E-state index < -0.39 is 12.3 Å². The Morgan fingerprint density at radius 2 is 2.00 bits per heavy atom. The number of rotatable bonds is 9. The quantitative estimate of drug-likeness (QED) is 0.723. The highest BCUT2D eigenvalue weighted by atomic mass is 19.1. The molecule has 0 spiro atoms. The standard InChI is InChI=1S/C18H22FN3O/c1-2-3-10-16(19)11-7-12-18(23)17-14-22(21-20-17)13-15-8-5-4-6-9-15/h1,4-6,8-9,14,16,18,23H,3,7,10-13H2. The fourth-order valence-corrected chi connectivity index (χ4v) is 2.38. The van der Waals surface area contributed by atoms with Crippen LogP contribution in [0.3, 0.4) is 0 Å². The van der Waals surface area contributed by atoms with Gasteiger partial charge in [0, 0.05) is 6.42 Å². The van der Waals surface area contributed by atoms with Crippen LogP contribution in [0.2, 0.25) is 0 Å². The maximum atomic E-state index is 13.5. The molecule has 0 bridgehead atoms. The van der Waals surface area contributed by atoms with Crippen LogP contribution in [0.4, 0.5) is 4.39 Å². The number of benzene rings is 1. The van der Waals surface area contributed by atoms with Crippen LogP contribution < -0.4 is 0 Å². The average Bonchev–Trinajstić information content (AvgIpc) is 3.02. The van der Waals surface area contributed by atoms with Crippen molar-refractivity contribution in [3.8, 4) is 12.3 Å². The summed E-state index contributed by atoms with van der Waals surface area (Å²) in [6.45, 7) is 0.610. The van der Waals surface area contributed by atoms with Crippen molar-refractivity contribution in [1.29, 1.82) is 0 Å². The number of nitrogens with zero attached hydrogens (tertiary/aromatic N) is 3. The third kappa shape index (κ3) is 5.84. The molecule has 0 aliphatic rings. The van der Waals surface area contributed by atoms with E-state index in [1.807, 2.05) is 30.3 Å². The number of hydrogen-bond acceptors (Lipinski definition) is 3. The SMILES string of the molecule is C#CCCC(F)CCCC(O)c1cn(Cc2ccccc2)nn1. The molecule has 0 fully saturated rings. The summed E-state index contributed by atoms with van der Waals surface area (Å²) in [5.41, 5.74) is 1.65. The van der Waals surface area contributed by atoms with E-state index in [9.17, 15) is 9.50 Å². The predicted octanol–water partition coefficient (Wildman–Crippen LogP) is 3.28. The fourth-order valence-electron chi connectivity index (χ4n) is 2.38. The number of aliphatic hydroxyl groups excluding tert-OH is 1. The Morgan fingerprint density at radius 3 is 2.74 bits per heavy atom. The number of halogens is 1. The van der Waals surface area contributed by atoms with Gasteiger partial charge in [0.15, 0.2) is 0 Å². The number of terminal acetylenes is 1. The van der Waals surface area contributed by atoms with Gasteiger partial charge in [0.1, 0.15) is 11.9 Å². The lowest BCUT2D eigenvalue weighted by Crippen LogP contribution is -2.03. The molecule has 1 aromatic heterocycles. The molecule has 0 saturated heterocycles. The third-order valence-corrected chi connectivity index (χ3v) is 3.68. The van der Waals surface area contributed by atoms with E-state index in [2.05, 4.69) is 16.2 Å². The Balaban J connectivity index is 1.77. The first-order chi connectivity index (χ1) is 11.2. The lowest BCUT2D eigenvalue weighted by atomic mass is 10.1. The zero-order valence-corrected chi connectivity index (χ0v) is 13.1. The molecule has 0 aliphatic heterocycles. The topological polar surface area (TPSA) is 50.9 Å². The predicted molar refractivity (Wildman–Crippen MR) is 87.3 cm³/mol. The zero-order valence-electron chi connectivity index (χ0n) is 13.1. The maximum Gasteiger partial charge on any atom is 0.111 e. The Bertz CT molecular complexity index is 621. The second kappa shape index (κ2) is 9.06. The second-order valence-electron chi connectivity index (χ2n) is 5.61. The Morgan fingerprint density at radius 1 is 1.22 bits per heavy atom. The first kappa shape index (κ1) is 17.2. The molecule has 5 heteroatoms. The summed E-state index contributed by atoms with van der Waals surface area (Å²) in [4.78, 5) is 0. The summed E-state index contributed by atoms with van der Waals surface area (Å²) in [5, 5.41) is 18.1. The highest BCUT2D eigenvalue weighted by Gasteiger charge is 2.14. The van der Waals surface area contributed by atoms with Crippen molar-refractivity contribution in [2.75, 3.05) is 0 Å². The first-order valence-corrected chi connectivity index (χ1v) is 7.88. The molecule has 1 aromatic carbocycles. The van der Waals surface area contributed by atoms with Crippen molar-refractivity contribution in [3.05, 3.63) is 47.8 Å². The molecular formula is C18H22FN3O. The van der Waals surface area contributed by atoms with Crippen LogP contribution >= 0.6 is 0 Å². The lowest BCUT2D eigenvalue weighted by molar-refractivity contribution is 0.153. The molecule has 2 atom stereocenters. The Hall–Kier alpha value is -2.19. The second-order valence-corrected chi connectivity index (χ2v) is 5.61. The smallest absolute Gasteiger partial charge is 0.111 e. The molecule has 0 aliphatic carbocycles. The first-order valence-electron chi connectivity index (χ1n) is 7.88. The summed E-state index contributed by atoms with van der Waals surface area (Å²) in [5.74, 6) is 2.44. The zero-order chi connectivity index (χ0) is 16.5. The number of aromatic nitrogens is 3. The van der Waals surface area contributed by atoms with E-state index in [0.29, 0.717) is 44.3 Å². The minimum atomic E-state index is -0.896. The van der Waals surface area contributed by atoms with Gasteiger partial charge in [-0.3, -0.25) is 0 Å². The molecule has 2 aromatic rings. The van der Waals surface area contributed by atoms with Crippen molar-refractivity contribution in [2.24, 2.45) is 0 Å². The van der Waals surface area contributed by atoms with Crippen molar-refractivity contribution in [1.82, 2.24) is 15.0 Å². The van der Waals surface area contributed by atoms with Crippen LogP contribution in [0.5, 0.6) is 0 Å². The summed E-state index contributed by atoms with van der Waals surface area (Å²) in [7, 11) is 0. The molecule has 4 nitrogen and oxygen atoms in total. The molecule has 1 heterocycles. The van der Waals surface area contributed by atoms with Crippen LogP contribution in [0.1, 0.15) is 49.5 Å². The lowest BCUT2D eigenvalue weighted by Gasteiger charge is -2.09. The fraction of sp³-hybridized carbons (Fsp3) is 0.444. The molecule has 23 heavy (non-hydrogen) atoms. The molecule has 2 unspecified atom stereocenters. The number of hydrogen-bond donors (Lipinski definition) is 1. The molecule has 0 radical (unpaired) electrons. The van der Waals surface area contributed by atoms with E-state index in [1.54, 1.807) is 10.9 Å². The highest BCUT2D eigenvalue weighted by Crippen LogP contribution is 2.19. The van der Waals surface area contributed by atoms with Gasteiger partial charge in [0.2, 0.25) is 0 Å². The Labute approximate surface area is 136 Å². The van der Waals surface area contributed by atoms with Gasteiger partial charge in [0.05, 0.1) is 18.8 Å². The van der Waals surface area contributed by atoms with E-state index in [1.165, 1.54) is 0 Å². The van der Waals surface area contributed by atoms with Crippen LogP contribution in [0, 0.1) is 12.3 Å². The van der Waals surface area contributed by atoms with Gasteiger partial charge in [-0.25, -0.2) is 9.07 Å². The largest absolute Gasteiger partial charge is 0.387 e. The normalized spacial score (nSPS) is 13.4. The van der Waals surface area contributed by atoms with Crippen LogP contribution in [0.25, 0.3) is 0 Å². The molecule has 0 amide bonds. The van der Waals surface area contributed by atoms with Crippen molar-refractivity contribution < 1.29 is 9.50 Å². The van der Waals surface area contributed by atoms with E-state index in [-0.39, 0.29) is 0 Å². The highest BCUT2D eigenvalue weighted by molar-refractivity contribution is 5.15. The van der Waals surface area contributed by atoms with Gasteiger partial charge in [-0.1, -0.05) is 35.5 Å². The summed E-state index contributed by atoms with van der Waals surface area (Å²) >= 11 is 0. The van der Waals surface area contributed by atoms with Crippen LogP contribution in [-0.2, 0) is 6.54 Å². The van der Waals surface area contributed by atoms with Crippen molar-refractivity contribution in [3.63, 3.8) is 0 Å². The van der Waals surface area contributed by atoms with Crippen LogP contribution in [0.15, 0.2) is 36.5 Å². The molecule has 1 N–H and O–H groups in total. The summed E-state index contributed by atoms with van der Waals surface area (Å²) < 4.78 is 15.2. The van der Waals surface area contributed by atoms with Gasteiger partial charge >= 0.3 is 0 Å². The van der Waals surface area contributed by atoms with Gasteiger partial charge in [-0.2, -0.15) is 0 Å². The molecular weight excluding hydrogens is 293 g/mol. The minimum absolute atomic E-state index is 0.389. The van der Waals surface area contributed by atoms with Gasteiger partial charge in [-0.15, -0.1) is 17.4 Å². The summed E-state index contributed by atoms with van der Waals surface area (Å²) in [6, 6.07) is 9.91. The minimum Gasteiger partial charge on any atom is -0.387 e. The third-order valence-electron chi connectivity index (χ3n) is 3.68. The molecule has 2 rings (SSSR count). The summed E-state index contributed by atoms with van der Waals surface area (Å²) in [6.07, 6.45) is 7.57. The van der Waals surface area contributed by atoms with Crippen LogP contribution in [-0.4, -0.2) is 26.3 Å². The Kier molecular flexibility index (Phi) is 6.76. The van der Waals surface area contributed by atoms with Gasteiger partial charge in [-0.05, 0) is 31.2 Å². The van der Waals surface area contributed by atoms with E-state index in [4.69, 9.17) is 6.42 Å². The monoisotopic (exact) mass is 315 g/mol. The molecule has 122 valence electrons. The average molecular weight is 315 g/mol. The van der Waals surface area contributed by atoms with E-state index in [0.717, 1.165) is 5.56 Å². The van der Waals surface area contributed by atoms with E-state index >= 15 is 0 Å². The number of alkyl halides is 1. The van der Waals surface area contributed by atoms with Gasteiger partial charge < -0.3 is 5.11 Å².